The van der Waals surface area contributed by atoms with Gasteiger partial charge in [0.1, 0.15) is 0 Å². The fourth-order valence-electron chi connectivity index (χ4n) is 2.70. The fourth-order valence-corrected chi connectivity index (χ4v) is 2.70. The molecule has 1 heterocycles. The second kappa shape index (κ2) is 10.6. The molecule has 19 heavy (non-hydrogen) atoms. The van der Waals surface area contributed by atoms with Gasteiger partial charge in [-0.05, 0) is 39.9 Å². The van der Waals surface area contributed by atoms with Crippen molar-refractivity contribution < 1.29 is 0 Å². The first kappa shape index (κ1) is 16.9. The zero-order chi connectivity index (χ0) is 13.9. The molecule has 0 aliphatic carbocycles. The highest BCUT2D eigenvalue weighted by atomic mass is 15.2. The van der Waals surface area contributed by atoms with E-state index < -0.39 is 0 Å². The summed E-state index contributed by atoms with van der Waals surface area (Å²) in [5.74, 6) is 0. The molecule has 0 amide bonds. The summed E-state index contributed by atoms with van der Waals surface area (Å²) in [6.07, 6.45) is 8.17. The van der Waals surface area contributed by atoms with E-state index in [1.807, 2.05) is 0 Å². The van der Waals surface area contributed by atoms with Crippen LogP contribution in [0, 0.1) is 0 Å². The number of nitrogens with zero attached hydrogens (tertiary/aromatic N) is 2. The third kappa shape index (κ3) is 8.61. The van der Waals surface area contributed by atoms with Crippen molar-refractivity contribution in [1.82, 2.24) is 15.1 Å². The Hall–Kier alpha value is -0.120. The Bertz CT molecular complexity index is 200. The van der Waals surface area contributed by atoms with Crippen LogP contribution in [-0.4, -0.2) is 62.2 Å². The van der Waals surface area contributed by atoms with Crippen LogP contribution < -0.4 is 5.32 Å². The van der Waals surface area contributed by atoms with Gasteiger partial charge in [0.2, 0.25) is 0 Å². The molecule has 0 aromatic carbocycles. The summed E-state index contributed by atoms with van der Waals surface area (Å²) in [5.41, 5.74) is 0. The van der Waals surface area contributed by atoms with Crippen LogP contribution in [-0.2, 0) is 0 Å². The summed E-state index contributed by atoms with van der Waals surface area (Å²) in [4.78, 5) is 5.03. The van der Waals surface area contributed by atoms with Crippen molar-refractivity contribution in [3.63, 3.8) is 0 Å². The van der Waals surface area contributed by atoms with Crippen LogP contribution in [0.3, 0.4) is 0 Å². The summed E-state index contributed by atoms with van der Waals surface area (Å²) >= 11 is 0. The second-order valence-electron chi connectivity index (χ2n) is 6.20. The van der Waals surface area contributed by atoms with Crippen LogP contribution in [0.25, 0.3) is 0 Å². The molecule has 114 valence electrons. The predicted molar refractivity (Wildman–Crippen MR) is 84.8 cm³/mol. The standard InChI is InChI=1S/C16H35N3/c1-4-5-6-7-9-16(2)17-10-8-11-19-14-12-18(3)13-15-19/h16-17H,4-15H2,1-3H3. The summed E-state index contributed by atoms with van der Waals surface area (Å²) in [6.45, 7) is 12.0. The van der Waals surface area contributed by atoms with E-state index in [1.165, 1.54) is 77.8 Å². The van der Waals surface area contributed by atoms with Crippen LogP contribution in [0.15, 0.2) is 0 Å². The number of rotatable bonds is 10. The number of piperazine rings is 1. The maximum Gasteiger partial charge on any atom is 0.0110 e. The molecule has 1 fully saturated rings. The lowest BCUT2D eigenvalue weighted by atomic mass is 10.1. The third-order valence-corrected chi connectivity index (χ3v) is 4.23. The molecular formula is C16H35N3. The smallest absolute Gasteiger partial charge is 0.0110 e. The van der Waals surface area contributed by atoms with Gasteiger partial charge in [0.25, 0.3) is 0 Å². The molecule has 3 heteroatoms. The minimum Gasteiger partial charge on any atom is -0.314 e. The van der Waals surface area contributed by atoms with Crippen molar-refractivity contribution in [2.24, 2.45) is 0 Å². The summed E-state index contributed by atoms with van der Waals surface area (Å²) in [5, 5.41) is 3.67. The molecular weight excluding hydrogens is 234 g/mol. The Kier molecular flexibility index (Phi) is 9.48. The lowest BCUT2D eigenvalue weighted by Crippen LogP contribution is -2.45. The molecule has 1 aliphatic rings. The van der Waals surface area contributed by atoms with Crippen molar-refractivity contribution in [1.29, 1.82) is 0 Å². The SMILES string of the molecule is CCCCCCC(C)NCCCN1CCN(C)CC1. The monoisotopic (exact) mass is 269 g/mol. The molecule has 1 atom stereocenters. The Balaban J connectivity index is 1.89. The minimum absolute atomic E-state index is 0.698. The number of unbranched alkanes of at least 4 members (excludes halogenated alkanes) is 3. The van der Waals surface area contributed by atoms with E-state index in [4.69, 9.17) is 0 Å². The van der Waals surface area contributed by atoms with Gasteiger partial charge in [0.05, 0.1) is 0 Å². The van der Waals surface area contributed by atoms with E-state index in [-0.39, 0.29) is 0 Å². The molecule has 1 rings (SSSR count). The largest absolute Gasteiger partial charge is 0.314 e. The summed E-state index contributed by atoms with van der Waals surface area (Å²) < 4.78 is 0. The summed E-state index contributed by atoms with van der Waals surface area (Å²) in [6, 6.07) is 0.698. The van der Waals surface area contributed by atoms with Gasteiger partial charge in [0.15, 0.2) is 0 Å². The Morgan fingerprint density at radius 1 is 1.00 bits per heavy atom. The van der Waals surface area contributed by atoms with Gasteiger partial charge in [-0.25, -0.2) is 0 Å². The van der Waals surface area contributed by atoms with E-state index in [0.29, 0.717) is 6.04 Å². The first-order valence-electron chi connectivity index (χ1n) is 8.36. The first-order chi connectivity index (χ1) is 9.22. The average Bonchev–Trinajstić information content (AvgIpc) is 2.42. The zero-order valence-corrected chi connectivity index (χ0v) is 13.5. The third-order valence-electron chi connectivity index (χ3n) is 4.23. The van der Waals surface area contributed by atoms with Gasteiger partial charge in [0, 0.05) is 32.2 Å². The highest BCUT2D eigenvalue weighted by molar-refractivity contribution is 4.70. The van der Waals surface area contributed by atoms with E-state index >= 15 is 0 Å². The van der Waals surface area contributed by atoms with Crippen molar-refractivity contribution in [3.8, 4) is 0 Å². The van der Waals surface area contributed by atoms with Crippen molar-refractivity contribution in [3.05, 3.63) is 0 Å². The molecule has 0 aromatic heterocycles. The van der Waals surface area contributed by atoms with Crippen LogP contribution in [0.4, 0.5) is 0 Å². The molecule has 1 N–H and O–H groups in total. The Labute approximate surface area is 120 Å². The zero-order valence-electron chi connectivity index (χ0n) is 13.5. The van der Waals surface area contributed by atoms with E-state index in [2.05, 4.69) is 36.0 Å². The number of nitrogens with one attached hydrogen (secondary N) is 1. The molecule has 0 radical (unpaired) electrons. The van der Waals surface area contributed by atoms with Crippen molar-refractivity contribution in [2.75, 3.05) is 46.3 Å². The van der Waals surface area contributed by atoms with Gasteiger partial charge in [-0.1, -0.05) is 32.6 Å². The quantitative estimate of drug-likeness (QED) is 0.615. The first-order valence-corrected chi connectivity index (χ1v) is 8.36. The minimum atomic E-state index is 0.698. The molecule has 0 spiro atoms. The van der Waals surface area contributed by atoms with Gasteiger partial charge in [-0.2, -0.15) is 0 Å². The average molecular weight is 269 g/mol. The number of hydrogen-bond acceptors (Lipinski definition) is 3. The molecule has 1 aliphatic heterocycles. The molecule has 1 unspecified atom stereocenters. The maximum absolute atomic E-state index is 3.67. The fraction of sp³-hybridized carbons (Fsp3) is 1.00. The van der Waals surface area contributed by atoms with Crippen LogP contribution in [0.1, 0.15) is 52.4 Å². The summed E-state index contributed by atoms with van der Waals surface area (Å²) in [7, 11) is 2.22. The Morgan fingerprint density at radius 3 is 2.42 bits per heavy atom. The maximum atomic E-state index is 3.67. The lowest BCUT2D eigenvalue weighted by molar-refractivity contribution is 0.152. The number of likely N-dealkylation sites (N-methyl/N-ethyl adjacent to an activating group) is 1. The highest BCUT2D eigenvalue weighted by Crippen LogP contribution is 2.05. The van der Waals surface area contributed by atoms with Gasteiger partial charge >= 0.3 is 0 Å². The Morgan fingerprint density at radius 2 is 1.74 bits per heavy atom. The van der Waals surface area contributed by atoms with Crippen LogP contribution >= 0.6 is 0 Å². The van der Waals surface area contributed by atoms with Crippen molar-refractivity contribution in [2.45, 2.75) is 58.4 Å². The molecule has 0 bridgehead atoms. The molecule has 0 saturated carbocycles. The number of hydrogen-bond donors (Lipinski definition) is 1. The molecule has 3 nitrogen and oxygen atoms in total. The molecule has 1 saturated heterocycles. The van der Waals surface area contributed by atoms with Gasteiger partial charge in [-0.15, -0.1) is 0 Å². The van der Waals surface area contributed by atoms with Crippen molar-refractivity contribution >= 4 is 0 Å². The second-order valence-corrected chi connectivity index (χ2v) is 6.20. The van der Waals surface area contributed by atoms with Gasteiger partial charge < -0.3 is 15.1 Å². The topological polar surface area (TPSA) is 18.5 Å². The van der Waals surface area contributed by atoms with E-state index in [1.54, 1.807) is 0 Å². The van der Waals surface area contributed by atoms with Crippen LogP contribution in [0.5, 0.6) is 0 Å². The van der Waals surface area contributed by atoms with Gasteiger partial charge in [-0.3, -0.25) is 0 Å². The van der Waals surface area contributed by atoms with E-state index in [9.17, 15) is 0 Å². The highest BCUT2D eigenvalue weighted by Gasteiger charge is 2.12. The lowest BCUT2D eigenvalue weighted by Gasteiger charge is -2.32. The van der Waals surface area contributed by atoms with E-state index in [0.717, 1.165) is 0 Å². The normalized spacial score (nSPS) is 19.7. The molecule has 0 aromatic rings. The predicted octanol–water partition coefficient (Wildman–Crippen LogP) is 2.57. The van der Waals surface area contributed by atoms with Crippen LogP contribution in [0.2, 0.25) is 0 Å².